The maximum atomic E-state index is 5.28. The van der Waals surface area contributed by atoms with Crippen LogP contribution in [-0.2, 0) is 0 Å². The van der Waals surface area contributed by atoms with Crippen molar-refractivity contribution < 1.29 is 4.74 Å². The van der Waals surface area contributed by atoms with Gasteiger partial charge in [-0.1, -0.05) is 5.92 Å². The van der Waals surface area contributed by atoms with E-state index in [1.807, 2.05) is 53.4 Å². The summed E-state index contributed by atoms with van der Waals surface area (Å²) >= 11 is 0. The number of terminal acetylenes is 1. The number of hydrogen-bond acceptors (Lipinski definition) is 1. The lowest BCUT2D eigenvalue weighted by Crippen LogP contribution is -1.94. The van der Waals surface area contributed by atoms with Gasteiger partial charge in [0.2, 0.25) is 0 Å². The highest BCUT2D eigenvalue weighted by Crippen LogP contribution is 2.15. The highest BCUT2D eigenvalue weighted by molar-refractivity contribution is 5.37. The van der Waals surface area contributed by atoms with E-state index in [0.717, 1.165) is 11.4 Å². The summed E-state index contributed by atoms with van der Waals surface area (Å²) in [4.78, 5) is 0. The minimum Gasteiger partial charge on any atom is -0.481 e. The Morgan fingerprint density at radius 3 is 2.40 bits per heavy atom. The topological polar surface area (TPSA) is 14.2 Å². The van der Waals surface area contributed by atoms with Gasteiger partial charge in [-0.3, -0.25) is 0 Å². The monoisotopic (exact) mass is 197 g/mol. The molecule has 15 heavy (non-hydrogen) atoms. The molecule has 2 rings (SSSR count). The molecule has 74 valence electrons. The molecule has 1 aromatic carbocycles. The first-order valence-corrected chi connectivity index (χ1v) is 4.70. The first kappa shape index (κ1) is 9.42. The van der Waals surface area contributed by atoms with Crippen LogP contribution in [0.15, 0.2) is 48.8 Å². The second-order valence-electron chi connectivity index (χ2n) is 3.08. The lowest BCUT2D eigenvalue weighted by Gasteiger charge is -2.05. The van der Waals surface area contributed by atoms with Crippen molar-refractivity contribution in [2.45, 2.75) is 0 Å². The van der Waals surface area contributed by atoms with Crippen LogP contribution in [0.3, 0.4) is 0 Å². The summed E-state index contributed by atoms with van der Waals surface area (Å²) in [6.45, 7) is 0.308. The molecule has 1 aromatic heterocycles. The number of aromatic nitrogens is 1. The number of hydrogen-bond donors (Lipinski definition) is 0. The largest absolute Gasteiger partial charge is 0.481 e. The van der Waals surface area contributed by atoms with Crippen LogP contribution < -0.4 is 4.74 Å². The molecule has 0 aliphatic rings. The van der Waals surface area contributed by atoms with Crippen LogP contribution in [-0.4, -0.2) is 11.2 Å². The Morgan fingerprint density at radius 1 is 1.13 bits per heavy atom. The van der Waals surface area contributed by atoms with Crippen molar-refractivity contribution in [1.82, 2.24) is 4.57 Å². The molecule has 0 aliphatic heterocycles. The van der Waals surface area contributed by atoms with Gasteiger partial charge in [0, 0.05) is 18.1 Å². The van der Waals surface area contributed by atoms with E-state index < -0.39 is 0 Å². The molecule has 0 unspecified atom stereocenters. The Labute approximate surface area is 89.1 Å². The number of ether oxygens (including phenoxy) is 1. The van der Waals surface area contributed by atoms with Gasteiger partial charge in [-0.25, -0.2) is 0 Å². The summed E-state index contributed by atoms with van der Waals surface area (Å²) < 4.78 is 7.31. The van der Waals surface area contributed by atoms with Gasteiger partial charge in [-0.2, -0.15) is 0 Å². The van der Waals surface area contributed by atoms with Gasteiger partial charge >= 0.3 is 0 Å². The lowest BCUT2D eigenvalue weighted by molar-refractivity contribution is 0.370. The fourth-order valence-corrected chi connectivity index (χ4v) is 1.35. The Morgan fingerprint density at radius 2 is 1.80 bits per heavy atom. The van der Waals surface area contributed by atoms with Crippen LogP contribution in [0.4, 0.5) is 0 Å². The Kier molecular flexibility index (Phi) is 2.75. The van der Waals surface area contributed by atoms with E-state index in [1.54, 1.807) is 0 Å². The van der Waals surface area contributed by atoms with Crippen LogP contribution in [0.5, 0.6) is 5.75 Å². The van der Waals surface area contributed by atoms with Crippen molar-refractivity contribution in [3.8, 4) is 23.8 Å². The fourth-order valence-electron chi connectivity index (χ4n) is 1.35. The second kappa shape index (κ2) is 4.39. The molecule has 2 nitrogen and oxygen atoms in total. The number of nitrogens with zero attached hydrogens (tertiary/aromatic N) is 1. The van der Waals surface area contributed by atoms with Crippen molar-refractivity contribution >= 4 is 0 Å². The van der Waals surface area contributed by atoms with Crippen LogP contribution in [0.25, 0.3) is 5.69 Å². The van der Waals surface area contributed by atoms with Gasteiger partial charge in [0.15, 0.2) is 0 Å². The molecule has 0 spiro atoms. The average Bonchev–Trinajstić information content (AvgIpc) is 2.80. The molecule has 0 N–H and O–H groups in total. The van der Waals surface area contributed by atoms with Crippen LogP contribution in [0.2, 0.25) is 0 Å². The smallest absolute Gasteiger partial charge is 0.148 e. The normalized spacial score (nSPS) is 9.53. The lowest BCUT2D eigenvalue weighted by atomic mass is 10.3. The van der Waals surface area contributed by atoms with E-state index in [-0.39, 0.29) is 0 Å². The highest BCUT2D eigenvalue weighted by Gasteiger charge is 1.95. The molecule has 0 aliphatic carbocycles. The minimum atomic E-state index is 0.308. The third-order valence-corrected chi connectivity index (χ3v) is 2.06. The van der Waals surface area contributed by atoms with Gasteiger partial charge < -0.3 is 9.30 Å². The maximum absolute atomic E-state index is 5.28. The van der Waals surface area contributed by atoms with E-state index in [4.69, 9.17) is 11.2 Å². The zero-order valence-electron chi connectivity index (χ0n) is 8.26. The Bertz CT molecular complexity index is 448. The molecule has 0 radical (unpaired) electrons. The first-order valence-electron chi connectivity index (χ1n) is 4.70. The molecule has 0 fully saturated rings. The molecule has 0 amide bonds. The van der Waals surface area contributed by atoms with E-state index in [9.17, 15) is 0 Å². The number of rotatable bonds is 3. The molecule has 0 atom stereocenters. The molecule has 0 saturated carbocycles. The standard InChI is InChI=1S/C13H11NO/c1-2-11-15-13-7-5-12(6-8-13)14-9-3-4-10-14/h1,3-10H,11H2. The molecule has 1 heterocycles. The summed E-state index contributed by atoms with van der Waals surface area (Å²) in [5.74, 6) is 3.23. The molecule has 2 heteroatoms. The minimum absolute atomic E-state index is 0.308. The van der Waals surface area contributed by atoms with Gasteiger partial charge in [0.25, 0.3) is 0 Å². The summed E-state index contributed by atoms with van der Waals surface area (Å²) in [6.07, 6.45) is 9.10. The third kappa shape index (κ3) is 2.21. The van der Waals surface area contributed by atoms with Crippen molar-refractivity contribution in [2.75, 3.05) is 6.61 Å². The van der Waals surface area contributed by atoms with Crippen molar-refractivity contribution in [2.24, 2.45) is 0 Å². The SMILES string of the molecule is C#CCOc1ccc(-n2cccc2)cc1. The molecular formula is C13H11NO. The third-order valence-electron chi connectivity index (χ3n) is 2.06. The summed E-state index contributed by atoms with van der Waals surface area (Å²) in [7, 11) is 0. The molecule has 2 aromatic rings. The van der Waals surface area contributed by atoms with Gasteiger partial charge in [0.1, 0.15) is 12.4 Å². The van der Waals surface area contributed by atoms with Crippen molar-refractivity contribution in [3.63, 3.8) is 0 Å². The maximum Gasteiger partial charge on any atom is 0.148 e. The summed E-state index contributed by atoms with van der Waals surface area (Å²) in [6, 6.07) is 11.8. The molecule has 0 saturated heterocycles. The van der Waals surface area contributed by atoms with E-state index in [2.05, 4.69) is 5.92 Å². The summed E-state index contributed by atoms with van der Waals surface area (Å²) in [5.41, 5.74) is 1.10. The first-order chi connectivity index (χ1) is 7.40. The zero-order chi connectivity index (χ0) is 10.5. The average molecular weight is 197 g/mol. The fraction of sp³-hybridized carbons (Fsp3) is 0.0769. The van der Waals surface area contributed by atoms with Crippen molar-refractivity contribution in [1.29, 1.82) is 0 Å². The van der Waals surface area contributed by atoms with E-state index in [0.29, 0.717) is 6.61 Å². The predicted molar refractivity (Wildman–Crippen MR) is 60.1 cm³/mol. The predicted octanol–water partition coefficient (Wildman–Crippen LogP) is 2.49. The summed E-state index contributed by atoms with van der Waals surface area (Å²) in [5, 5.41) is 0. The van der Waals surface area contributed by atoms with Gasteiger partial charge in [-0.15, -0.1) is 6.42 Å². The van der Waals surface area contributed by atoms with Crippen molar-refractivity contribution in [3.05, 3.63) is 48.8 Å². The quantitative estimate of drug-likeness (QED) is 0.689. The van der Waals surface area contributed by atoms with E-state index >= 15 is 0 Å². The zero-order valence-corrected chi connectivity index (χ0v) is 8.26. The Hall–Kier alpha value is -2.14. The van der Waals surface area contributed by atoms with Gasteiger partial charge in [0.05, 0.1) is 0 Å². The van der Waals surface area contributed by atoms with Crippen LogP contribution >= 0.6 is 0 Å². The second-order valence-corrected chi connectivity index (χ2v) is 3.08. The number of benzene rings is 1. The molecule has 0 bridgehead atoms. The van der Waals surface area contributed by atoms with E-state index in [1.165, 1.54) is 0 Å². The van der Waals surface area contributed by atoms with Crippen LogP contribution in [0.1, 0.15) is 0 Å². The Balaban J connectivity index is 2.15. The van der Waals surface area contributed by atoms with Gasteiger partial charge in [-0.05, 0) is 36.4 Å². The van der Waals surface area contributed by atoms with Crippen LogP contribution in [0, 0.1) is 12.3 Å². The molecular weight excluding hydrogens is 186 g/mol. The highest BCUT2D eigenvalue weighted by atomic mass is 16.5.